The van der Waals surface area contributed by atoms with Crippen molar-refractivity contribution in [2.24, 2.45) is 0 Å². The molecule has 2 heterocycles. The lowest BCUT2D eigenvalue weighted by Crippen LogP contribution is -2.29. The molecule has 1 N–H and O–H groups in total. The third-order valence-electron chi connectivity index (χ3n) is 2.10. The molecule has 9 heteroatoms. The maximum atomic E-state index is 11.7. The molecule has 2 aromatic rings. The van der Waals surface area contributed by atoms with Gasteiger partial charge >= 0.3 is 0 Å². The van der Waals surface area contributed by atoms with Crippen LogP contribution in [0.4, 0.5) is 5.13 Å². The van der Waals surface area contributed by atoms with E-state index in [1.165, 1.54) is 17.5 Å². The van der Waals surface area contributed by atoms with Gasteiger partial charge in [-0.3, -0.25) is 9.59 Å². The smallest absolute Gasteiger partial charge is 0.287 e. The molecule has 6 nitrogen and oxygen atoms in total. The molecule has 0 aliphatic carbocycles. The second-order valence-electron chi connectivity index (χ2n) is 3.61. The Hall–Kier alpha value is -1.44. The Morgan fingerprint density at radius 2 is 2.26 bits per heavy atom. The van der Waals surface area contributed by atoms with Crippen LogP contribution in [0.3, 0.4) is 0 Å². The minimum Gasteiger partial charge on any atom is -0.300 e. The largest absolute Gasteiger partial charge is 0.300 e. The summed E-state index contributed by atoms with van der Waals surface area (Å²) in [5.74, 6) is -0.415. The minimum absolute atomic E-state index is 0.0545. The number of carbonyl (C=O) groups is 1. The summed E-state index contributed by atoms with van der Waals surface area (Å²) in [7, 11) is 0. The van der Waals surface area contributed by atoms with E-state index in [2.05, 4.69) is 15.4 Å². The molecule has 0 radical (unpaired) electrons. The fraction of sp³-hybridized carbons (Fsp3) is 0.200. The van der Waals surface area contributed by atoms with Crippen molar-refractivity contribution < 1.29 is 4.79 Å². The molecule has 0 atom stereocenters. The fourth-order valence-electron chi connectivity index (χ4n) is 1.26. The monoisotopic (exact) mass is 318 g/mol. The summed E-state index contributed by atoms with van der Waals surface area (Å²) in [5, 5.41) is 8.47. The first kappa shape index (κ1) is 14.0. The van der Waals surface area contributed by atoms with E-state index in [1.54, 1.807) is 5.38 Å². The number of carbonyl (C=O) groups excluding carboxylic acids is 1. The Balaban J connectivity index is 2.11. The molecular formula is C10H8Cl2N4O2S. The minimum atomic E-state index is -0.611. The van der Waals surface area contributed by atoms with Crippen LogP contribution in [0, 0.1) is 6.92 Å². The summed E-state index contributed by atoms with van der Waals surface area (Å²) in [6.45, 7) is 1.56. The Kier molecular flexibility index (Phi) is 4.18. The summed E-state index contributed by atoms with van der Waals surface area (Å²) in [5.41, 5.74) is 0.199. The van der Waals surface area contributed by atoms with Gasteiger partial charge < -0.3 is 5.32 Å². The van der Waals surface area contributed by atoms with E-state index in [-0.39, 0.29) is 16.6 Å². The van der Waals surface area contributed by atoms with Gasteiger partial charge in [0, 0.05) is 5.38 Å². The third kappa shape index (κ3) is 3.31. The molecule has 100 valence electrons. The number of aryl methyl sites for hydroxylation is 1. The molecule has 0 unspecified atom stereocenters. The van der Waals surface area contributed by atoms with E-state index in [0.717, 1.165) is 10.4 Å². The first-order chi connectivity index (χ1) is 8.97. The SMILES string of the molecule is Cc1csc(NC(=O)Cn2ncc(Cl)c(Cl)c2=O)n1. The summed E-state index contributed by atoms with van der Waals surface area (Å²) in [6.07, 6.45) is 1.21. The number of amides is 1. The fourth-order valence-corrected chi connectivity index (χ4v) is 2.24. The number of hydrogen-bond acceptors (Lipinski definition) is 5. The molecule has 19 heavy (non-hydrogen) atoms. The van der Waals surface area contributed by atoms with Crippen LogP contribution >= 0.6 is 34.5 Å². The first-order valence-corrected chi connectivity index (χ1v) is 6.74. The topological polar surface area (TPSA) is 76.9 Å². The van der Waals surface area contributed by atoms with Gasteiger partial charge in [0.25, 0.3) is 5.56 Å². The lowest BCUT2D eigenvalue weighted by atomic mass is 10.5. The average Bonchev–Trinajstić information content (AvgIpc) is 2.75. The number of rotatable bonds is 3. The number of hydrogen-bond donors (Lipinski definition) is 1. The van der Waals surface area contributed by atoms with Gasteiger partial charge in [0.15, 0.2) is 5.13 Å². The second-order valence-corrected chi connectivity index (χ2v) is 5.25. The Morgan fingerprint density at radius 3 is 2.89 bits per heavy atom. The molecule has 0 aliphatic rings. The molecule has 0 fully saturated rings. The van der Waals surface area contributed by atoms with Gasteiger partial charge in [-0.15, -0.1) is 11.3 Å². The van der Waals surface area contributed by atoms with Crippen LogP contribution in [0.5, 0.6) is 0 Å². The molecule has 1 amide bonds. The maximum Gasteiger partial charge on any atom is 0.287 e. The predicted molar refractivity (Wildman–Crippen MR) is 74.0 cm³/mol. The van der Waals surface area contributed by atoms with Crippen LogP contribution < -0.4 is 10.9 Å². The second kappa shape index (κ2) is 5.68. The van der Waals surface area contributed by atoms with Gasteiger partial charge in [-0.1, -0.05) is 23.2 Å². The summed E-state index contributed by atoms with van der Waals surface area (Å²) < 4.78 is 0.935. The number of aromatic nitrogens is 3. The van der Waals surface area contributed by atoms with Crippen molar-refractivity contribution in [2.75, 3.05) is 5.32 Å². The average molecular weight is 319 g/mol. The highest BCUT2D eigenvalue weighted by Crippen LogP contribution is 2.15. The molecule has 0 aliphatic heterocycles. The third-order valence-corrected chi connectivity index (χ3v) is 3.73. The van der Waals surface area contributed by atoms with Crippen molar-refractivity contribution >= 4 is 45.6 Å². The van der Waals surface area contributed by atoms with E-state index in [4.69, 9.17) is 23.2 Å². The van der Waals surface area contributed by atoms with Gasteiger partial charge in [0.2, 0.25) is 5.91 Å². The lowest BCUT2D eigenvalue weighted by Gasteiger charge is -2.05. The quantitative estimate of drug-likeness (QED) is 0.938. The highest BCUT2D eigenvalue weighted by molar-refractivity contribution is 7.13. The predicted octanol–water partition coefficient (Wildman–Crippen LogP) is 1.95. The van der Waals surface area contributed by atoms with Gasteiger partial charge in [0.05, 0.1) is 16.9 Å². The molecule has 0 bridgehead atoms. The van der Waals surface area contributed by atoms with Crippen molar-refractivity contribution in [1.82, 2.24) is 14.8 Å². The zero-order valence-corrected chi connectivity index (χ0v) is 12.0. The molecule has 0 saturated carbocycles. The molecule has 0 saturated heterocycles. The number of anilines is 1. The van der Waals surface area contributed by atoms with Crippen LogP contribution in [0.1, 0.15) is 5.69 Å². The van der Waals surface area contributed by atoms with E-state index in [0.29, 0.717) is 5.13 Å². The normalized spacial score (nSPS) is 10.5. The van der Waals surface area contributed by atoms with Crippen molar-refractivity contribution in [1.29, 1.82) is 0 Å². The highest BCUT2D eigenvalue weighted by atomic mass is 35.5. The van der Waals surface area contributed by atoms with Gasteiger partial charge in [-0.2, -0.15) is 5.10 Å². The zero-order valence-electron chi connectivity index (χ0n) is 9.68. The van der Waals surface area contributed by atoms with Gasteiger partial charge in [0.1, 0.15) is 11.6 Å². The zero-order chi connectivity index (χ0) is 14.0. The van der Waals surface area contributed by atoms with Crippen molar-refractivity contribution in [3.05, 3.63) is 37.7 Å². The van der Waals surface area contributed by atoms with Gasteiger partial charge in [-0.05, 0) is 6.92 Å². The Bertz CT molecular complexity index is 682. The standard InChI is InChI=1S/C10H8Cl2N4O2S/c1-5-4-19-10(14-5)15-7(17)3-16-9(18)8(12)6(11)2-13-16/h2,4H,3H2,1H3,(H,14,15,17). The summed E-state index contributed by atoms with van der Waals surface area (Å²) >= 11 is 12.6. The van der Waals surface area contributed by atoms with E-state index < -0.39 is 11.5 Å². The summed E-state index contributed by atoms with van der Waals surface area (Å²) in [4.78, 5) is 27.5. The lowest BCUT2D eigenvalue weighted by molar-refractivity contribution is -0.117. The van der Waals surface area contributed by atoms with E-state index >= 15 is 0 Å². The summed E-state index contributed by atoms with van der Waals surface area (Å²) in [6, 6.07) is 0. The highest BCUT2D eigenvalue weighted by Gasteiger charge is 2.11. The van der Waals surface area contributed by atoms with Crippen LogP contribution in [-0.4, -0.2) is 20.7 Å². The first-order valence-electron chi connectivity index (χ1n) is 5.10. The number of nitrogens with zero attached hydrogens (tertiary/aromatic N) is 3. The van der Waals surface area contributed by atoms with Crippen LogP contribution in [-0.2, 0) is 11.3 Å². The van der Waals surface area contributed by atoms with E-state index in [9.17, 15) is 9.59 Å². The molecule has 0 aromatic carbocycles. The molecular weight excluding hydrogens is 311 g/mol. The van der Waals surface area contributed by atoms with Crippen molar-refractivity contribution in [3.8, 4) is 0 Å². The van der Waals surface area contributed by atoms with Crippen LogP contribution in [0.15, 0.2) is 16.4 Å². The van der Waals surface area contributed by atoms with Crippen molar-refractivity contribution in [2.45, 2.75) is 13.5 Å². The molecule has 2 aromatic heterocycles. The molecule has 0 spiro atoms. The number of nitrogens with one attached hydrogen (secondary N) is 1. The van der Waals surface area contributed by atoms with Crippen LogP contribution in [0.25, 0.3) is 0 Å². The van der Waals surface area contributed by atoms with Crippen LogP contribution in [0.2, 0.25) is 10.0 Å². The van der Waals surface area contributed by atoms with Gasteiger partial charge in [-0.25, -0.2) is 9.67 Å². The maximum absolute atomic E-state index is 11.7. The Labute approximate surface area is 122 Å². The molecule has 2 rings (SSSR count). The number of thiazole rings is 1. The van der Waals surface area contributed by atoms with Crippen molar-refractivity contribution in [3.63, 3.8) is 0 Å². The Morgan fingerprint density at radius 1 is 1.53 bits per heavy atom. The number of halogens is 2. The van der Waals surface area contributed by atoms with E-state index in [1.807, 2.05) is 6.92 Å².